The number of aliphatic hydroxyl groups excluding tert-OH is 3. The van der Waals surface area contributed by atoms with Gasteiger partial charge in [-0.25, -0.2) is 8.42 Å². The molecule has 2 rings (SSSR count). The standard InChI is InChI=1S/C15H29NO2Si.C13H17NO2.C11H15NO4S/c1-10(2)19(11(3)4,12(5)6)9-8-14(18)15(16)13(7)17;1-9(13(16)12(14)10(2)15)8-11-6-4-3-5-7-11;1-7(13)10(12)11(14)8-3-5-9(6-4-8)17(2,15)16/h10-12,14-15,18H,16H2,1-7H3;3-8,12-13,16H,14H2,1-2H3;3-6,10-11,14H,12H2,1-2H3/b;9-8+;/t14-,15-;12-,13-;10-,11-/m111/s1. The first-order valence-electron chi connectivity index (χ1n) is 17.2. The van der Waals surface area contributed by atoms with E-state index >= 15 is 0 Å². The van der Waals surface area contributed by atoms with Crippen LogP contribution in [0, 0.1) is 11.5 Å². The molecule has 0 aliphatic heterocycles. The highest BCUT2D eigenvalue weighted by molar-refractivity contribution is 7.90. The van der Waals surface area contributed by atoms with Crippen molar-refractivity contribution in [2.24, 2.45) is 17.2 Å². The molecule has 6 atom stereocenters. The van der Waals surface area contributed by atoms with Gasteiger partial charge in [0.15, 0.2) is 9.84 Å². The summed E-state index contributed by atoms with van der Waals surface area (Å²) in [7, 11) is -5.12. The Balaban J connectivity index is 0.000000753. The SMILES string of the molecule is CC(=O)[C@@H](N)[C@H](O)/C(C)=C/c1ccccc1.CC(=O)[C@@H](N)[C@H](O)C#C[Si](C(C)C)(C(C)C)C(C)C.CC(=O)[C@@H](N)[C@H](O)c1ccc(S(C)(=O)=O)cc1. The van der Waals surface area contributed by atoms with Crippen molar-refractivity contribution >= 4 is 41.3 Å². The van der Waals surface area contributed by atoms with Crippen LogP contribution < -0.4 is 17.2 Å². The molecule has 0 saturated heterocycles. The van der Waals surface area contributed by atoms with Gasteiger partial charge >= 0.3 is 0 Å². The molecule has 0 amide bonds. The van der Waals surface area contributed by atoms with Crippen molar-refractivity contribution in [1.82, 2.24) is 0 Å². The Bertz CT molecular complexity index is 1630. The van der Waals surface area contributed by atoms with E-state index in [9.17, 15) is 38.1 Å². The Morgan fingerprint density at radius 1 is 0.692 bits per heavy atom. The number of hydrogen-bond donors (Lipinski definition) is 6. The summed E-state index contributed by atoms with van der Waals surface area (Å²) in [6, 6.07) is 12.5. The van der Waals surface area contributed by atoms with E-state index in [0.29, 0.717) is 27.8 Å². The van der Waals surface area contributed by atoms with E-state index < -0.39 is 54.3 Å². The monoisotopic (exact) mass is 759 g/mol. The fourth-order valence-electron chi connectivity index (χ4n) is 5.69. The lowest BCUT2D eigenvalue weighted by atomic mass is 9.99. The summed E-state index contributed by atoms with van der Waals surface area (Å²) in [4.78, 5) is 33.4. The Labute approximate surface area is 312 Å². The summed E-state index contributed by atoms with van der Waals surface area (Å²) in [5.74, 6) is 2.10. The highest BCUT2D eigenvalue weighted by Gasteiger charge is 2.42. The molecular weight excluding hydrogens is 699 g/mol. The van der Waals surface area contributed by atoms with Crippen molar-refractivity contribution in [3.63, 3.8) is 0 Å². The van der Waals surface area contributed by atoms with Gasteiger partial charge in [-0.05, 0) is 73.2 Å². The van der Waals surface area contributed by atoms with E-state index in [2.05, 4.69) is 53.0 Å². The topological polar surface area (TPSA) is 224 Å². The third-order valence-corrected chi connectivity index (χ3v) is 16.5. The van der Waals surface area contributed by atoms with Crippen molar-refractivity contribution in [3.8, 4) is 11.5 Å². The lowest BCUT2D eigenvalue weighted by Crippen LogP contribution is -2.44. The van der Waals surface area contributed by atoms with Crippen molar-refractivity contribution in [3.05, 3.63) is 71.3 Å². The van der Waals surface area contributed by atoms with Crippen molar-refractivity contribution in [1.29, 1.82) is 0 Å². The first kappa shape index (κ1) is 48.7. The summed E-state index contributed by atoms with van der Waals surface area (Å²) in [5.41, 5.74) is 23.7. The lowest BCUT2D eigenvalue weighted by molar-refractivity contribution is -0.121. The summed E-state index contributed by atoms with van der Waals surface area (Å²) in [5, 5.41) is 29.5. The summed E-state index contributed by atoms with van der Waals surface area (Å²) >= 11 is 0. The van der Waals surface area contributed by atoms with Crippen LogP contribution in [0.3, 0.4) is 0 Å². The van der Waals surface area contributed by atoms with Gasteiger partial charge in [-0.1, -0.05) is 96.0 Å². The maximum atomic E-state index is 11.2. The van der Waals surface area contributed by atoms with Gasteiger partial charge in [-0.3, -0.25) is 14.4 Å². The molecule has 11 nitrogen and oxygen atoms in total. The van der Waals surface area contributed by atoms with Crippen molar-refractivity contribution < 1.29 is 38.1 Å². The van der Waals surface area contributed by atoms with Crippen LogP contribution in [0.25, 0.3) is 6.08 Å². The molecule has 0 aliphatic carbocycles. The molecule has 52 heavy (non-hydrogen) atoms. The molecule has 0 bridgehead atoms. The maximum absolute atomic E-state index is 11.2. The zero-order valence-corrected chi connectivity index (χ0v) is 34.3. The third-order valence-electron chi connectivity index (χ3n) is 9.04. The molecule has 0 radical (unpaired) electrons. The van der Waals surface area contributed by atoms with Crippen LogP contribution in [-0.4, -0.2) is 85.8 Å². The van der Waals surface area contributed by atoms with Gasteiger partial charge in [0, 0.05) is 6.26 Å². The first-order valence-corrected chi connectivity index (χ1v) is 21.3. The van der Waals surface area contributed by atoms with Crippen molar-refractivity contribution in [2.75, 3.05) is 6.26 Å². The van der Waals surface area contributed by atoms with Gasteiger partial charge in [-0.15, -0.1) is 5.54 Å². The maximum Gasteiger partial charge on any atom is 0.175 e. The molecular formula is C39H61N3O8SSi. The van der Waals surface area contributed by atoms with Crippen LogP contribution in [0.15, 0.2) is 65.1 Å². The van der Waals surface area contributed by atoms with Crippen LogP contribution in [0.4, 0.5) is 0 Å². The number of carbonyl (C=O) groups is 3. The molecule has 0 unspecified atom stereocenters. The number of ketones is 3. The van der Waals surface area contributed by atoms with Gasteiger partial charge in [0.1, 0.15) is 43.7 Å². The minimum Gasteiger partial charge on any atom is -0.387 e. The normalized spacial score (nSPS) is 15.4. The molecule has 2 aromatic carbocycles. The van der Waals surface area contributed by atoms with Crippen molar-refractivity contribution in [2.45, 2.75) is 127 Å². The Kier molecular flexibility index (Phi) is 20.6. The van der Waals surface area contributed by atoms with Gasteiger partial charge in [-0.2, -0.15) is 0 Å². The van der Waals surface area contributed by atoms with Crippen LogP contribution in [0.5, 0.6) is 0 Å². The predicted molar refractivity (Wildman–Crippen MR) is 211 cm³/mol. The van der Waals surface area contributed by atoms with E-state index in [-0.39, 0.29) is 22.2 Å². The average molecular weight is 760 g/mol. The Hall–Kier alpha value is -3.32. The summed E-state index contributed by atoms with van der Waals surface area (Å²) in [6.07, 6.45) is -0.174. The fraction of sp³-hybridized carbons (Fsp3) is 0.513. The number of benzene rings is 2. The van der Waals surface area contributed by atoms with E-state index in [1.54, 1.807) is 6.92 Å². The summed E-state index contributed by atoms with van der Waals surface area (Å²) in [6.45, 7) is 19.1. The number of Topliss-reactive ketones (excluding diaryl/α,β-unsaturated/α-hetero) is 3. The van der Waals surface area contributed by atoms with Gasteiger partial charge < -0.3 is 32.5 Å². The quantitative estimate of drug-likeness (QED) is 0.127. The highest BCUT2D eigenvalue weighted by Crippen LogP contribution is 2.40. The Morgan fingerprint density at radius 2 is 1.12 bits per heavy atom. The van der Waals surface area contributed by atoms with E-state index in [1.165, 1.54) is 45.0 Å². The smallest absolute Gasteiger partial charge is 0.175 e. The molecule has 0 saturated carbocycles. The molecule has 0 heterocycles. The molecule has 0 aromatic heterocycles. The highest BCUT2D eigenvalue weighted by atomic mass is 32.2. The number of sulfone groups is 1. The van der Waals surface area contributed by atoms with Crippen LogP contribution in [-0.2, 0) is 24.2 Å². The van der Waals surface area contributed by atoms with Gasteiger partial charge in [0.2, 0.25) is 0 Å². The fourth-order valence-corrected chi connectivity index (χ4v) is 11.6. The Morgan fingerprint density at radius 3 is 1.48 bits per heavy atom. The first-order chi connectivity index (χ1) is 23.8. The zero-order chi connectivity index (χ0) is 40.7. The van der Waals surface area contributed by atoms with E-state index in [0.717, 1.165) is 11.8 Å². The molecule has 2 aromatic rings. The second-order valence-electron chi connectivity index (χ2n) is 14.1. The van der Waals surface area contributed by atoms with Gasteiger partial charge in [0.05, 0.1) is 23.1 Å². The van der Waals surface area contributed by atoms with E-state index in [4.69, 9.17) is 17.2 Å². The largest absolute Gasteiger partial charge is 0.387 e. The third kappa shape index (κ3) is 15.0. The van der Waals surface area contributed by atoms with Crippen LogP contribution in [0.1, 0.15) is 86.5 Å². The predicted octanol–water partition coefficient (Wildman–Crippen LogP) is 3.89. The number of carbonyl (C=O) groups excluding carboxylic acids is 3. The number of hydrogen-bond acceptors (Lipinski definition) is 11. The minimum atomic E-state index is -3.26. The number of aliphatic hydroxyl groups is 3. The number of rotatable bonds is 13. The van der Waals surface area contributed by atoms with Crippen LogP contribution in [0.2, 0.25) is 16.6 Å². The molecule has 13 heteroatoms. The molecule has 9 N–H and O–H groups in total. The molecule has 0 fully saturated rings. The summed E-state index contributed by atoms with van der Waals surface area (Å²) < 4.78 is 22.4. The second-order valence-corrected chi connectivity index (χ2v) is 21.6. The number of nitrogens with two attached hydrogens (primary N) is 3. The average Bonchev–Trinajstić information content (AvgIpc) is 3.06. The van der Waals surface area contributed by atoms with Crippen LogP contribution >= 0.6 is 0 Å². The van der Waals surface area contributed by atoms with Gasteiger partial charge in [0.25, 0.3) is 0 Å². The van der Waals surface area contributed by atoms with E-state index in [1.807, 2.05) is 36.4 Å². The lowest BCUT2D eigenvalue weighted by Gasteiger charge is -2.38. The molecule has 290 valence electrons. The molecule has 0 spiro atoms. The second kappa shape index (κ2) is 22.0. The molecule has 0 aliphatic rings. The zero-order valence-electron chi connectivity index (χ0n) is 32.5. The minimum absolute atomic E-state index is 0.157.